The second-order valence-electron chi connectivity index (χ2n) is 9.11. The molecule has 5 aromatic carbocycles. The molecule has 40 heavy (non-hydrogen) atoms. The second kappa shape index (κ2) is 10.2. The number of benzene rings is 5. The van der Waals surface area contributed by atoms with Crippen LogP contribution in [-0.4, -0.2) is 6.18 Å². The number of halogens is 8. The Balaban J connectivity index is 1.54. The van der Waals surface area contributed by atoms with Gasteiger partial charge in [0.25, 0.3) is 0 Å². The van der Waals surface area contributed by atoms with Gasteiger partial charge in [0.1, 0.15) is 29.1 Å². The maximum Gasteiger partial charge on any atom is 0.458 e. The predicted molar refractivity (Wildman–Crippen MR) is 138 cm³/mol. The van der Waals surface area contributed by atoms with Gasteiger partial charge in [-0.1, -0.05) is 60.0 Å². The number of alkyl halides is 3. The highest BCUT2D eigenvalue weighted by atomic mass is 19.4. The van der Waals surface area contributed by atoms with Crippen molar-refractivity contribution in [1.82, 2.24) is 0 Å². The van der Waals surface area contributed by atoms with E-state index in [1.54, 1.807) is 12.1 Å². The highest BCUT2D eigenvalue weighted by molar-refractivity contribution is 5.92. The summed E-state index contributed by atoms with van der Waals surface area (Å²) in [5.74, 6) is -3.77. The fourth-order valence-electron chi connectivity index (χ4n) is 4.41. The van der Waals surface area contributed by atoms with Crippen LogP contribution in [0.2, 0.25) is 0 Å². The second-order valence-corrected chi connectivity index (χ2v) is 9.11. The Morgan fingerprint density at radius 2 is 1.18 bits per heavy atom. The van der Waals surface area contributed by atoms with Gasteiger partial charge in [-0.2, -0.15) is 13.2 Å². The monoisotopic (exact) mass is 552 g/mol. The minimum absolute atomic E-state index is 0.0619. The first-order chi connectivity index (χ1) is 18.9. The van der Waals surface area contributed by atoms with E-state index in [4.69, 9.17) is 0 Å². The van der Waals surface area contributed by atoms with Crippen molar-refractivity contribution in [3.8, 4) is 45.2 Å². The zero-order valence-electron chi connectivity index (χ0n) is 20.5. The van der Waals surface area contributed by atoms with Gasteiger partial charge in [-0.15, -0.1) is 0 Å². The first-order valence-corrected chi connectivity index (χ1v) is 11.8. The van der Waals surface area contributed by atoms with Gasteiger partial charge in [0, 0.05) is 16.9 Å². The van der Waals surface area contributed by atoms with Gasteiger partial charge in [0.15, 0.2) is 0 Å². The highest BCUT2D eigenvalue weighted by Crippen LogP contribution is 2.36. The molecular formula is C32H16F8. The predicted octanol–water partition coefficient (Wildman–Crippen LogP) is 9.76. The summed E-state index contributed by atoms with van der Waals surface area (Å²) in [7, 11) is 0. The van der Waals surface area contributed by atoms with Crippen LogP contribution < -0.4 is 0 Å². The molecule has 0 amide bonds. The molecular weight excluding hydrogens is 536 g/mol. The summed E-state index contributed by atoms with van der Waals surface area (Å²) in [6.45, 7) is 1.94. The van der Waals surface area contributed by atoms with Crippen molar-refractivity contribution in [3.63, 3.8) is 0 Å². The Labute approximate surface area is 223 Å². The first-order valence-electron chi connectivity index (χ1n) is 11.8. The molecule has 0 atom stereocenters. The summed E-state index contributed by atoms with van der Waals surface area (Å²) in [6.07, 6.45) is -4.99. The van der Waals surface area contributed by atoms with Crippen molar-refractivity contribution in [2.45, 2.75) is 13.1 Å². The van der Waals surface area contributed by atoms with E-state index in [9.17, 15) is 22.0 Å². The van der Waals surface area contributed by atoms with Crippen LogP contribution >= 0.6 is 0 Å². The van der Waals surface area contributed by atoms with Gasteiger partial charge in [0.2, 0.25) is 0 Å². The Kier molecular flexibility index (Phi) is 6.84. The summed E-state index contributed by atoms with van der Waals surface area (Å²) >= 11 is 0. The van der Waals surface area contributed by atoms with Crippen molar-refractivity contribution < 1.29 is 35.1 Å². The third-order valence-electron chi connectivity index (χ3n) is 6.35. The molecule has 0 fully saturated rings. The molecule has 0 spiro atoms. The maximum atomic E-state index is 15.4. The molecule has 0 nitrogen and oxygen atoms in total. The Morgan fingerprint density at radius 3 is 1.80 bits per heavy atom. The molecule has 8 heteroatoms. The molecule has 0 aliphatic heterocycles. The molecule has 0 radical (unpaired) electrons. The van der Waals surface area contributed by atoms with Gasteiger partial charge >= 0.3 is 6.18 Å². The van der Waals surface area contributed by atoms with E-state index in [0.717, 1.165) is 23.1 Å². The molecule has 5 aromatic rings. The van der Waals surface area contributed by atoms with Crippen molar-refractivity contribution >= 4 is 10.8 Å². The SMILES string of the molecule is Cc1ccc(-c2ccc(-c3ccc4c(F)c(-c5cc(F)c(C#CC(F)(F)F)c(F)c5)c(F)cc4c3)c(F)c2)cc1. The van der Waals surface area contributed by atoms with Crippen LogP contribution in [0.5, 0.6) is 0 Å². The number of aryl methyl sites for hydroxylation is 1. The minimum Gasteiger partial charge on any atom is -0.206 e. The topological polar surface area (TPSA) is 0 Å². The smallest absolute Gasteiger partial charge is 0.206 e. The van der Waals surface area contributed by atoms with E-state index in [2.05, 4.69) is 0 Å². The Morgan fingerprint density at radius 1 is 0.575 bits per heavy atom. The third kappa shape index (κ3) is 5.28. The molecule has 5 rings (SSSR count). The van der Waals surface area contributed by atoms with Crippen molar-refractivity contribution in [2.24, 2.45) is 0 Å². The van der Waals surface area contributed by atoms with Crippen LogP contribution in [0.1, 0.15) is 11.1 Å². The molecule has 0 saturated carbocycles. The zero-order chi connectivity index (χ0) is 28.8. The lowest BCUT2D eigenvalue weighted by molar-refractivity contribution is -0.0696. The van der Waals surface area contributed by atoms with Crippen LogP contribution in [0.4, 0.5) is 35.1 Å². The minimum atomic E-state index is -4.99. The molecule has 0 heterocycles. The number of fused-ring (bicyclic) bond motifs is 1. The van der Waals surface area contributed by atoms with Gasteiger partial charge in [-0.25, -0.2) is 22.0 Å². The van der Waals surface area contributed by atoms with E-state index in [0.29, 0.717) is 23.3 Å². The van der Waals surface area contributed by atoms with E-state index < -0.39 is 52.0 Å². The van der Waals surface area contributed by atoms with Crippen LogP contribution in [-0.2, 0) is 0 Å². The zero-order valence-corrected chi connectivity index (χ0v) is 20.5. The summed E-state index contributed by atoms with van der Waals surface area (Å²) in [4.78, 5) is 0. The van der Waals surface area contributed by atoms with Gasteiger partial charge in [-0.3, -0.25) is 0 Å². The average molecular weight is 552 g/mol. The average Bonchev–Trinajstić information content (AvgIpc) is 2.87. The van der Waals surface area contributed by atoms with Gasteiger partial charge in [0.05, 0.1) is 11.1 Å². The van der Waals surface area contributed by atoms with Gasteiger partial charge < -0.3 is 0 Å². The lowest BCUT2D eigenvalue weighted by Crippen LogP contribution is -2.03. The molecule has 0 aromatic heterocycles. The molecule has 200 valence electrons. The highest BCUT2D eigenvalue weighted by Gasteiger charge is 2.24. The van der Waals surface area contributed by atoms with Crippen LogP contribution in [0.25, 0.3) is 44.2 Å². The first kappa shape index (κ1) is 26.9. The molecule has 0 unspecified atom stereocenters. The molecule has 0 N–H and O–H groups in total. The third-order valence-corrected chi connectivity index (χ3v) is 6.35. The van der Waals surface area contributed by atoms with Crippen LogP contribution in [0, 0.1) is 47.9 Å². The fourth-order valence-corrected chi connectivity index (χ4v) is 4.41. The number of rotatable bonds is 3. The van der Waals surface area contributed by atoms with E-state index >= 15 is 13.2 Å². The maximum absolute atomic E-state index is 15.4. The summed E-state index contributed by atoms with van der Waals surface area (Å²) in [6, 6.07) is 18.2. The standard InChI is InChI=1S/C32H16F8/c1-17-2-4-18(5-3-17)19-6-8-23(26(33)13-19)20-7-9-24-21(12-20)14-29(36)30(31(24)37)22-15-27(34)25(28(35)16-22)10-11-32(38,39)40/h2-9,12-16H,1H3. The lowest BCUT2D eigenvalue weighted by Gasteiger charge is -2.12. The Bertz CT molecular complexity index is 1820. The van der Waals surface area contributed by atoms with E-state index in [-0.39, 0.29) is 16.3 Å². The van der Waals surface area contributed by atoms with Crippen molar-refractivity contribution in [3.05, 3.63) is 119 Å². The van der Waals surface area contributed by atoms with E-state index in [1.165, 1.54) is 30.2 Å². The summed E-state index contributed by atoms with van der Waals surface area (Å²) in [5.41, 5.74) is 0.551. The van der Waals surface area contributed by atoms with Crippen molar-refractivity contribution in [1.29, 1.82) is 0 Å². The quantitative estimate of drug-likeness (QED) is 0.154. The van der Waals surface area contributed by atoms with E-state index in [1.807, 2.05) is 31.2 Å². The molecule has 0 aliphatic carbocycles. The van der Waals surface area contributed by atoms with Crippen LogP contribution in [0.3, 0.4) is 0 Å². The fraction of sp³-hybridized carbons (Fsp3) is 0.0625. The van der Waals surface area contributed by atoms with Crippen molar-refractivity contribution in [2.75, 3.05) is 0 Å². The number of hydrogen-bond acceptors (Lipinski definition) is 0. The lowest BCUT2D eigenvalue weighted by atomic mass is 9.94. The summed E-state index contributed by atoms with van der Waals surface area (Å²) in [5, 5.41) is -0.0505. The normalized spacial score (nSPS) is 11.4. The van der Waals surface area contributed by atoms with Crippen LogP contribution in [0.15, 0.2) is 78.9 Å². The molecule has 0 aliphatic rings. The molecule has 0 saturated heterocycles. The summed E-state index contributed by atoms with van der Waals surface area (Å²) < 4.78 is 111. The Hall–Kier alpha value is -4.64. The molecule has 0 bridgehead atoms. The largest absolute Gasteiger partial charge is 0.458 e. The van der Waals surface area contributed by atoms with Gasteiger partial charge in [-0.05, 0) is 64.9 Å². The number of hydrogen-bond donors (Lipinski definition) is 0.